The van der Waals surface area contributed by atoms with Gasteiger partial charge in [-0.3, -0.25) is 9.59 Å². The number of amides is 2. The molecule has 0 saturated carbocycles. The number of anilines is 2. The van der Waals surface area contributed by atoms with Gasteiger partial charge in [0, 0.05) is 24.5 Å². The van der Waals surface area contributed by atoms with Gasteiger partial charge in [0.2, 0.25) is 0 Å². The van der Waals surface area contributed by atoms with Crippen LogP contribution in [0.3, 0.4) is 0 Å². The number of hydrogen-bond donors (Lipinski definition) is 4. The monoisotopic (exact) mass is 802 g/mol. The highest BCUT2D eigenvalue weighted by Crippen LogP contribution is 2.33. The van der Waals surface area contributed by atoms with Crippen LogP contribution in [-0.4, -0.2) is 21.8 Å². The molecule has 300 valence electrons. The van der Waals surface area contributed by atoms with E-state index in [2.05, 4.69) is 20.6 Å². The molecule has 10 nitrogen and oxygen atoms in total. The van der Waals surface area contributed by atoms with Crippen molar-refractivity contribution < 1.29 is 45.4 Å². The van der Waals surface area contributed by atoms with E-state index < -0.39 is 23.5 Å². The Morgan fingerprint density at radius 1 is 0.534 bits per heavy atom. The standard InChI is InChI=1S/2C21H18F3N3O2/c1-13-8-9-18(19(25)27-13)20(28)26-12-14-4-2-6-16(10-14)29-17-7-3-5-15(11-17)21(22,23)24;1-13-5-10-18(19(25)27-13)20(28)26-12-14-3-2-4-17(11-14)29-16-8-6-15(7-9-16)21(22,23)24/h2*2-11H,12H2,1H3,(H2,25,27)(H,26,28). The lowest BCUT2D eigenvalue weighted by atomic mass is 10.2. The van der Waals surface area contributed by atoms with Gasteiger partial charge < -0.3 is 31.6 Å². The highest BCUT2D eigenvalue weighted by Gasteiger charge is 2.31. The minimum absolute atomic E-state index is 0.0690. The van der Waals surface area contributed by atoms with E-state index in [1.54, 1.807) is 86.6 Å². The molecule has 0 aliphatic rings. The van der Waals surface area contributed by atoms with Gasteiger partial charge >= 0.3 is 12.4 Å². The summed E-state index contributed by atoms with van der Waals surface area (Å²) in [6, 6.07) is 29.2. The number of alkyl halides is 6. The maximum atomic E-state index is 12.8. The Morgan fingerprint density at radius 2 is 0.948 bits per heavy atom. The van der Waals surface area contributed by atoms with Crippen LogP contribution < -0.4 is 31.6 Å². The average molecular weight is 803 g/mol. The van der Waals surface area contributed by atoms with Crippen LogP contribution in [0.15, 0.2) is 121 Å². The van der Waals surface area contributed by atoms with Crippen LogP contribution in [0.2, 0.25) is 0 Å². The Labute approximate surface area is 328 Å². The number of ether oxygens (including phenoxy) is 2. The molecule has 16 heteroatoms. The van der Waals surface area contributed by atoms with E-state index >= 15 is 0 Å². The van der Waals surface area contributed by atoms with Crippen LogP contribution in [0.4, 0.5) is 38.0 Å². The lowest BCUT2D eigenvalue weighted by Crippen LogP contribution is -2.24. The third kappa shape index (κ3) is 11.9. The Kier molecular flexibility index (Phi) is 13.2. The first kappa shape index (κ1) is 42.1. The summed E-state index contributed by atoms with van der Waals surface area (Å²) < 4.78 is 87.5. The summed E-state index contributed by atoms with van der Waals surface area (Å²) in [5.74, 6) is 0.701. The van der Waals surface area contributed by atoms with E-state index in [9.17, 15) is 35.9 Å². The lowest BCUT2D eigenvalue weighted by Gasteiger charge is -2.11. The van der Waals surface area contributed by atoms with Crippen molar-refractivity contribution in [2.24, 2.45) is 0 Å². The van der Waals surface area contributed by atoms with Crippen molar-refractivity contribution in [2.75, 3.05) is 11.5 Å². The van der Waals surface area contributed by atoms with E-state index in [4.69, 9.17) is 20.9 Å². The second-order valence-corrected chi connectivity index (χ2v) is 12.7. The van der Waals surface area contributed by atoms with Gasteiger partial charge in [0.05, 0.1) is 22.3 Å². The number of hydrogen-bond acceptors (Lipinski definition) is 8. The van der Waals surface area contributed by atoms with Gasteiger partial charge in [-0.05, 0) is 116 Å². The summed E-state index contributed by atoms with van der Waals surface area (Å²) in [6.07, 6.45) is -8.84. The van der Waals surface area contributed by atoms with Crippen LogP contribution in [-0.2, 0) is 25.4 Å². The molecule has 0 spiro atoms. The number of aryl methyl sites for hydroxylation is 2. The van der Waals surface area contributed by atoms with E-state index in [0.29, 0.717) is 28.5 Å². The Bertz CT molecular complexity index is 2390. The number of nitrogens with one attached hydrogen (secondary N) is 2. The molecule has 0 saturated heterocycles. The van der Waals surface area contributed by atoms with E-state index in [1.165, 1.54) is 24.3 Å². The lowest BCUT2D eigenvalue weighted by molar-refractivity contribution is -0.138. The molecule has 0 fully saturated rings. The largest absolute Gasteiger partial charge is 0.457 e. The molecule has 2 heterocycles. The van der Waals surface area contributed by atoms with Gasteiger partial charge in [-0.15, -0.1) is 0 Å². The molecule has 0 aliphatic heterocycles. The zero-order chi connectivity index (χ0) is 42.0. The molecule has 0 radical (unpaired) electrons. The molecule has 6 aromatic rings. The van der Waals surface area contributed by atoms with Gasteiger partial charge in [-0.1, -0.05) is 30.3 Å². The summed E-state index contributed by atoms with van der Waals surface area (Å²) >= 11 is 0. The van der Waals surface area contributed by atoms with Gasteiger partial charge in [0.25, 0.3) is 11.8 Å². The molecule has 6 rings (SSSR count). The number of benzene rings is 4. The number of carbonyl (C=O) groups is 2. The second-order valence-electron chi connectivity index (χ2n) is 12.7. The average Bonchev–Trinajstić information content (AvgIpc) is 3.16. The maximum Gasteiger partial charge on any atom is 0.416 e. The topological polar surface area (TPSA) is 154 Å². The molecule has 58 heavy (non-hydrogen) atoms. The van der Waals surface area contributed by atoms with Gasteiger partial charge in [0.15, 0.2) is 0 Å². The number of pyridine rings is 2. The summed E-state index contributed by atoms with van der Waals surface area (Å²) in [7, 11) is 0. The van der Waals surface area contributed by atoms with Crippen molar-refractivity contribution in [3.05, 3.63) is 166 Å². The molecule has 4 aromatic carbocycles. The number of carbonyl (C=O) groups excluding carboxylic acids is 2. The first-order valence-corrected chi connectivity index (χ1v) is 17.4. The zero-order valence-electron chi connectivity index (χ0n) is 30.9. The van der Waals surface area contributed by atoms with Crippen LogP contribution in [0.1, 0.15) is 54.4 Å². The Morgan fingerprint density at radius 3 is 1.38 bits per heavy atom. The highest BCUT2D eigenvalue weighted by molar-refractivity contribution is 5.98. The third-order valence-corrected chi connectivity index (χ3v) is 8.13. The SMILES string of the molecule is Cc1ccc(C(=O)NCc2cccc(Oc3ccc(C(F)(F)F)cc3)c2)c(N)n1.Cc1ccc(C(=O)NCc2cccc(Oc3cccc(C(F)(F)F)c3)c2)c(N)n1. The molecule has 2 aromatic heterocycles. The van der Waals surface area contributed by atoms with Crippen molar-refractivity contribution in [3.63, 3.8) is 0 Å². The van der Waals surface area contributed by atoms with Crippen molar-refractivity contribution in [2.45, 2.75) is 39.3 Å². The summed E-state index contributed by atoms with van der Waals surface area (Å²) in [5.41, 5.74) is 13.5. The summed E-state index contributed by atoms with van der Waals surface area (Å²) in [5, 5.41) is 5.48. The number of rotatable bonds is 10. The normalized spacial score (nSPS) is 11.2. The van der Waals surface area contributed by atoms with Crippen molar-refractivity contribution in [1.82, 2.24) is 20.6 Å². The van der Waals surface area contributed by atoms with Gasteiger partial charge in [-0.2, -0.15) is 26.3 Å². The fourth-order valence-corrected chi connectivity index (χ4v) is 5.25. The van der Waals surface area contributed by atoms with Crippen molar-refractivity contribution in [3.8, 4) is 23.0 Å². The number of halogens is 6. The minimum Gasteiger partial charge on any atom is -0.457 e. The smallest absolute Gasteiger partial charge is 0.416 e. The van der Waals surface area contributed by atoms with Crippen LogP contribution in [0.25, 0.3) is 0 Å². The highest BCUT2D eigenvalue weighted by atomic mass is 19.4. The summed E-state index contributed by atoms with van der Waals surface area (Å²) in [6.45, 7) is 3.95. The molecule has 0 atom stereocenters. The maximum absolute atomic E-state index is 12.8. The number of nitrogens with zero attached hydrogens (tertiary/aromatic N) is 2. The molecular formula is C42H36F6N6O4. The van der Waals surface area contributed by atoms with Crippen molar-refractivity contribution >= 4 is 23.5 Å². The molecule has 2 amide bonds. The predicted molar refractivity (Wildman–Crippen MR) is 205 cm³/mol. The number of aromatic nitrogens is 2. The first-order valence-electron chi connectivity index (χ1n) is 17.4. The van der Waals surface area contributed by atoms with Gasteiger partial charge in [-0.25, -0.2) is 9.97 Å². The Hall–Kier alpha value is -7.10. The quantitative estimate of drug-likeness (QED) is 0.1000. The van der Waals surface area contributed by atoms with Crippen LogP contribution in [0, 0.1) is 13.8 Å². The van der Waals surface area contributed by atoms with Crippen LogP contribution >= 0.6 is 0 Å². The zero-order valence-corrected chi connectivity index (χ0v) is 30.9. The number of nitrogens with two attached hydrogens (primary N) is 2. The van der Waals surface area contributed by atoms with Crippen molar-refractivity contribution in [1.29, 1.82) is 0 Å². The predicted octanol–water partition coefficient (Wildman–Crippen LogP) is 9.43. The number of nitrogen functional groups attached to an aromatic ring is 2. The molecule has 0 aliphatic carbocycles. The molecule has 0 bridgehead atoms. The molecule has 0 unspecified atom stereocenters. The minimum atomic E-state index is -4.45. The van der Waals surface area contributed by atoms with E-state index in [1.807, 2.05) is 0 Å². The molecular weight excluding hydrogens is 766 g/mol. The summed E-state index contributed by atoms with van der Waals surface area (Å²) in [4.78, 5) is 32.7. The second kappa shape index (κ2) is 18.2. The first-order chi connectivity index (χ1) is 27.4. The van der Waals surface area contributed by atoms with Crippen LogP contribution in [0.5, 0.6) is 23.0 Å². The molecule has 6 N–H and O–H groups in total. The van der Waals surface area contributed by atoms with Gasteiger partial charge in [0.1, 0.15) is 34.6 Å². The fourth-order valence-electron chi connectivity index (χ4n) is 5.25. The van der Waals surface area contributed by atoms with E-state index in [-0.39, 0.29) is 59.2 Å². The Balaban J connectivity index is 0.000000221. The van der Waals surface area contributed by atoms with E-state index in [0.717, 1.165) is 29.8 Å². The third-order valence-electron chi connectivity index (χ3n) is 8.13. The fraction of sp³-hybridized carbons (Fsp3) is 0.143.